The quantitative estimate of drug-likeness (QED) is 0.751. The first-order valence-corrected chi connectivity index (χ1v) is 9.37. The van der Waals surface area contributed by atoms with Gasteiger partial charge in [-0.3, -0.25) is 19.7 Å². The van der Waals surface area contributed by atoms with Crippen LogP contribution in [0.15, 0.2) is 18.2 Å². The number of nitrogens with one attached hydrogen (secondary N) is 2. The van der Waals surface area contributed by atoms with Gasteiger partial charge >= 0.3 is 0 Å². The molecule has 3 saturated heterocycles. The second-order valence-corrected chi connectivity index (χ2v) is 7.78. The van der Waals surface area contributed by atoms with Gasteiger partial charge in [0.05, 0.1) is 0 Å². The fraction of sp³-hybridized carbons (Fsp3) is 0.526. The summed E-state index contributed by atoms with van der Waals surface area (Å²) in [6.07, 6.45) is 3.14. The number of carbonyl (C=O) groups excluding carboxylic acids is 3. The van der Waals surface area contributed by atoms with Crippen molar-refractivity contribution in [2.45, 2.75) is 50.4 Å². The molecule has 2 bridgehead atoms. The molecule has 0 aliphatic carbocycles. The van der Waals surface area contributed by atoms with Crippen molar-refractivity contribution in [3.8, 4) is 0 Å². The van der Waals surface area contributed by atoms with Crippen LogP contribution < -0.4 is 15.5 Å². The van der Waals surface area contributed by atoms with E-state index in [0.717, 1.165) is 24.3 Å². The van der Waals surface area contributed by atoms with Crippen molar-refractivity contribution in [3.63, 3.8) is 0 Å². The monoisotopic (exact) mass is 354 g/mol. The van der Waals surface area contributed by atoms with Gasteiger partial charge in [-0.25, -0.2) is 0 Å². The van der Waals surface area contributed by atoms with Crippen LogP contribution in [0.5, 0.6) is 0 Å². The molecule has 1 aromatic carbocycles. The molecular weight excluding hydrogens is 332 g/mol. The Morgan fingerprint density at radius 1 is 1.00 bits per heavy atom. The molecular formula is C19H22N4O3. The normalized spacial score (nSPS) is 30.6. The highest BCUT2D eigenvalue weighted by atomic mass is 16.2. The van der Waals surface area contributed by atoms with E-state index in [2.05, 4.69) is 21.6 Å². The van der Waals surface area contributed by atoms with Gasteiger partial charge in [-0.2, -0.15) is 0 Å². The van der Waals surface area contributed by atoms with E-state index in [1.165, 1.54) is 12.8 Å². The predicted molar refractivity (Wildman–Crippen MR) is 94.6 cm³/mol. The summed E-state index contributed by atoms with van der Waals surface area (Å²) in [5, 5.41) is 5.98. The molecule has 7 nitrogen and oxygen atoms in total. The van der Waals surface area contributed by atoms with E-state index in [1.54, 1.807) is 4.90 Å². The van der Waals surface area contributed by atoms with Crippen molar-refractivity contribution in [2.24, 2.45) is 0 Å². The Kier molecular flexibility index (Phi) is 3.53. The highest BCUT2D eigenvalue weighted by Crippen LogP contribution is 2.32. The van der Waals surface area contributed by atoms with Crippen molar-refractivity contribution in [2.75, 3.05) is 18.0 Å². The molecule has 0 saturated carbocycles. The molecule has 3 unspecified atom stereocenters. The molecule has 0 aromatic heterocycles. The van der Waals surface area contributed by atoms with E-state index >= 15 is 0 Å². The Hall–Kier alpha value is -2.41. The van der Waals surface area contributed by atoms with E-state index in [-0.39, 0.29) is 24.1 Å². The maximum absolute atomic E-state index is 12.8. The number of anilines is 1. The van der Waals surface area contributed by atoms with Gasteiger partial charge in [0.1, 0.15) is 6.04 Å². The number of hydrogen-bond donors (Lipinski definition) is 2. The molecule has 7 heteroatoms. The van der Waals surface area contributed by atoms with Crippen LogP contribution in [0.3, 0.4) is 0 Å². The maximum atomic E-state index is 12.8. The van der Waals surface area contributed by atoms with E-state index in [9.17, 15) is 14.4 Å². The van der Waals surface area contributed by atoms with Gasteiger partial charge in [0.15, 0.2) is 0 Å². The van der Waals surface area contributed by atoms with Gasteiger partial charge in [0, 0.05) is 49.4 Å². The third-order valence-corrected chi connectivity index (χ3v) is 6.09. The van der Waals surface area contributed by atoms with Gasteiger partial charge in [-0.05, 0) is 43.0 Å². The summed E-state index contributed by atoms with van der Waals surface area (Å²) in [5.74, 6) is -0.728. The number of fused-ring (bicyclic) bond motifs is 3. The van der Waals surface area contributed by atoms with Crippen LogP contribution in [-0.4, -0.2) is 53.8 Å². The average molecular weight is 354 g/mol. The van der Waals surface area contributed by atoms with Crippen molar-refractivity contribution < 1.29 is 14.4 Å². The van der Waals surface area contributed by atoms with Crippen LogP contribution >= 0.6 is 0 Å². The first kappa shape index (κ1) is 15.8. The third kappa shape index (κ3) is 2.49. The average Bonchev–Trinajstić information content (AvgIpc) is 3.13. The molecule has 3 amide bonds. The van der Waals surface area contributed by atoms with Gasteiger partial charge in [0.2, 0.25) is 11.8 Å². The Bertz CT molecular complexity index is 796. The summed E-state index contributed by atoms with van der Waals surface area (Å²) in [4.78, 5) is 40.3. The number of piperidine rings is 1. The number of benzene rings is 1. The topological polar surface area (TPSA) is 81.8 Å². The summed E-state index contributed by atoms with van der Waals surface area (Å²) in [6, 6.07) is 6.58. The Labute approximate surface area is 151 Å². The molecule has 0 radical (unpaired) electrons. The number of imide groups is 1. The zero-order valence-corrected chi connectivity index (χ0v) is 14.5. The lowest BCUT2D eigenvalue weighted by molar-refractivity contribution is -0.136. The van der Waals surface area contributed by atoms with Crippen LogP contribution in [0.1, 0.15) is 41.6 Å². The standard InChI is InChI=1S/C19H22N4O3/c24-17-6-5-16(18(25)21-17)23-8-11-7-14(3-4-15(11)19(23)26)22-9-12-1-2-13(10-22)20-12/h3-4,7,12-13,16,20H,1-2,5-6,8-10H2,(H,21,24,25). The van der Waals surface area contributed by atoms with Crippen molar-refractivity contribution in [1.29, 1.82) is 0 Å². The van der Waals surface area contributed by atoms with Crippen LogP contribution in [0.4, 0.5) is 5.69 Å². The predicted octanol–water partition coefficient (Wildman–Crippen LogP) is 0.388. The highest BCUT2D eigenvalue weighted by molar-refractivity contribution is 6.05. The zero-order chi connectivity index (χ0) is 17.8. The highest BCUT2D eigenvalue weighted by Gasteiger charge is 2.39. The summed E-state index contributed by atoms with van der Waals surface area (Å²) in [7, 11) is 0. The Morgan fingerprint density at radius 2 is 1.77 bits per heavy atom. The molecule has 0 spiro atoms. The smallest absolute Gasteiger partial charge is 0.255 e. The molecule has 1 aromatic rings. The summed E-state index contributed by atoms with van der Waals surface area (Å²) >= 11 is 0. The van der Waals surface area contributed by atoms with Crippen LogP contribution in [0, 0.1) is 0 Å². The molecule has 2 N–H and O–H groups in total. The van der Waals surface area contributed by atoms with Crippen molar-refractivity contribution in [3.05, 3.63) is 29.3 Å². The van der Waals surface area contributed by atoms with Gasteiger partial charge in [0.25, 0.3) is 5.91 Å². The number of carbonyl (C=O) groups is 3. The Balaban J connectivity index is 1.37. The van der Waals surface area contributed by atoms with Gasteiger partial charge in [-0.1, -0.05) is 0 Å². The van der Waals surface area contributed by atoms with E-state index in [1.807, 2.05) is 12.1 Å². The molecule has 4 heterocycles. The minimum Gasteiger partial charge on any atom is -0.368 e. The second kappa shape index (κ2) is 5.81. The van der Waals surface area contributed by atoms with Gasteiger partial charge < -0.3 is 15.1 Å². The maximum Gasteiger partial charge on any atom is 0.255 e. The van der Waals surface area contributed by atoms with Gasteiger partial charge in [-0.15, -0.1) is 0 Å². The molecule has 136 valence electrons. The largest absolute Gasteiger partial charge is 0.368 e. The fourth-order valence-electron chi connectivity index (χ4n) is 4.77. The number of rotatable bonds is 2. The third-order valence-electron chi connectivity index (χ3n) is 6.09. The van der Waals surface area contributed by atoms with Crippen LogP contribution in [0.2, 0.25) is 0 Å². The summed E-state index contributed by atoms with van der Waals surface area (Å²) in [5.41, 5.74) is 2.81. The lowest BCUT2D eigenvalue weighted by Crippen LogP contribution is -2.52. The first-order chi connectivity index (χ1) is 12.6. The molecule has 3 atom stereocenters. The van der Waals surface area contributed by atoms with E-state index in [0.29, 0.717) is 30.6 Å². The Morgan fingerprint density at radius 3 is 2.50 bits per heavy atom. The number of piperazine rings is 1. The zero-order valence-electron chi connectivity index (χ0n) is 14.5. The summed E-state index contributed by atoms with van der Waals surface area (Å²) in [6.45, 7) is 2.44. The molecule has 4 aliphatic rings. The lowest BCUT2D eigenvalue weighted by Gasteiger charge is -2.34. The van der Waals surface area contributed by atoms with Crippen LogP contribution in [-0.2, 0) is 16.1 Å². The minimum absolute atomic E-state index is 0.110. The second-order valence-electron chi connectivity index (χ2n) is 7.78. The van der Waals surface area contributed by atoms with Crippen molar-refractivity contribution >= 4 is 23.4 Å². The fourth-order valence-corrected chi connectivity index (χ4v) is 4.77. The lowest BCUT2D eigenvalue weighted by atomic mass is 10.0. The van der Waals surface area contributed by atoms with Crippen LogP contribution in [0.25, 0.3) is 0 Å². The molecule has 5 rings (SSSR count). The minimum atomic E-state index is -0.550. The molecule has 4 aliphatic heterocycles. The molecule has 26 heavy (non-hydrogen) atoms. The molecule has 3 fully saturated rings. The number of hydrogen-bond acceptors (Lipinski definition) is 5. The van der Waals surface area contributed by atoms with E-state index in [4.69, 9.17) is 0 Å². The van der Waals surface area contributed by atoms with E-state index < -0.39 is 6.04 Å². The van der Waals surface area contributed by atoms with Crippen molar-refractivity contribution in [1.82, 2.24) is 15.5 Å². The first-order valence-electron chi connectivity index (χ1n) is 9.37. The SMILES string of the molecule is O=C1CCC(N2Cc3cc(N4CC5CCC(C4)N5)ccc3C2=O)C(=O)N1. The number of nitrogens with zero attached hydrogens (tertiary/aromatic N) is 2. The summed E-state index contributed by atoms with van der Waals surface area (Å²) < 4.78 is 0. The number of amides is 3.